The number of ketones is 3. The summed E-state index contributed by atoms with van der Waals surface area (Å²) in [5.41, 5.74) is 16.7. The molecule has 0 bridgehead atoms. The van der Waals surface area contributed by atoms with Crippen molar-refractivity contribution < 1.29 is 62.4 Å². The zero-order valence-corrected chi connectivity index (χ0v) is 37.5. The van der Waals surface area contributed by atoms with E-state index in [0.717, 1.165) is 5.01 Å². The Kier molecular flexibility index (Phi) is 29.2. The van der Waals surface area contributed by atoms with Crippen LogP contribution in [0.1, 0.15) is 102 Å². The highest BCUT2D eigenvalue weighted by Gasteiger charge is 2.32. The summed E-state index contributed by atoms with van der Waals surface area (Å²) in [6.07, 6.45) is 2.52. The Hall–Kier alpha value is -6.00. The molecule has 23 heteroatoms. The second kappa shape index (κ2) is 34.4. The number of ether oxygens (including phenoxy) is 4. The van der Waals surface area contributed by atoms with E-state index in [0.29, 0.717) is 90.3 Å². The monoisotopic (exact) mass is 930 g/mol. The highest BCUT2D eigenvalue weighted by Crippen LogP contribution is 2.13. The number of carboxylic acids is 1. The summed E-state index contributed by atoms with van der Waals surface area (Å²) in [4.78, 5) is 106. The number of urea groups is 1. The van der Waals surface area contributed by atoms with E-state index in [-0.39, 0.29) is 82.0 Å². The van der Waals surface area contributed by atoms with Gasteiger partial charge in [0.2, 0.25) is 11.8 Å². The zero-order valence-electron chi connectivity index (χ0n) is 37.5. The molecule has 0 radical (unpaired) electrons. The van der Waals surface area contributed by atoms with E-state index in [1.807, 2.05) is 0 Å². The molecule has 366 valence electrons. The number of hydrogen-bond donors (Lipinski definition) is 7. The maximum atomic E-state index is 13.9. The summed E-state index contributed by atoms with van der Waals surface area (Å²) in [5.74, 6) is -4.54. The van der Waals surface area contributed by atoms with Crippen molar-refractivity contribution in [1.29, 1.82) is 5.41 Å². The number of Topliss-reactive ketones (excluding diaryl/α,β-unsaturated/α-hetero) is 3. The van der Waals surface area contributed by atoms with Gasteiger partial charge in [0.25, 0.3) is 5.91 Å². The third kappa shape index (κ3) is 26.7. The minimum atomic E-state index is -1.60. The number of benzene rings is 1. The first-order valence-electron chi connectivity index (χ1n) is 22.2. The minimum Gasteiger partial charge on any atom is -0.481 e. The number of carbonyl (C=O) groups excluding carboxylic acids is 7. The summed E-state index contributed by atoms with van der Waals surface area (Å²) in [7, 11) is 0. The van der Waals surface area contributed by atoms with Crippen molar-refractivity contribution in [3.05, 3.63) is 46.3 Å². The van der Waals surface area contributed by atoms with E-state index in [9.17, 15) is 43.5 Å². The molecular formula is C43H66N10O13. The molecular weight excluding hydrogens is 865 g/mol. The number of azide groups is 1. The fourth-order valence-corrected chi connectivity index (χ4v) is 6.43. The van der Waals surface area contributed by atoms with Crippen molar-refractivity contribution in [3.8, 4) is 0 Å². The van der Waals surface area contributed by atoms with Gasteiger partial charge >= 0.3 is 12.0 Å². The van der Waals surface area contributed by atoms with Crippen LogP contribution in [0, 0.1) is 5.41 Å². The standard InChI is InChI=1S/C43H66N10O13/c44-38(45)16-8-7-14-34-37(56)17-18-39(57)48-36(28-40(58)59)42(61)51-53(30-31-10-3-1-4-11-31)43(62)50-35(41(60)49-34)15-6-2-5-12-32(54)19-21-64-23-25-66-27-26-65-24-22-63-20-9-13-33(55)29-47-52-46/h1,3-4,10-11,34-36H,2,5-9,12-30H2,(H3,44,45)(H,48,57)(H,49,60)(H,50,62)(H,51,61)(H,58,59)/t34-,35-,36-/m0/s1. The number of amidine groups is 1. The Bertz CT molecular complexity index is 1760. The molecule has 23 nitrogen and oxygen atoms in total. The van der Waals surface area contributed by atoms with Gasteiger partial charge in [0.05, 0.1) is 77.6 Å². The summed E-state index contributed by atoms with van der Waals surface area (Å²) in [6, 6.07) is 3.78. The van der Waals surface area contributed by atoms with Gasteiger partial charge < -0.3 is 45.7 Å². The molecule has 1 aromatic carbocycles. The molecule has 2 rings (SSSR count). The van der Waals surface area contributed by atoms with Crippen molar-refractivity contribution in [1.82, 2.24) is 26.4 Å². The van der Waals surface area contributed by atoms with Crippen molar-refractivity contribution >= 4 is 52.9 Å². The number of nitrogens with one attached hydrogen (secondary N) is 5. The Morgan fingerprint density at radius 3 is 1.97 bits per heavy atom. The molecule has 1 heterocycles. The Morgan fingerprint density at radius 1 is 0.712 bits per heavy atom. The van der Waals surface area contributed by atoms with Gasteiger partial charge in [-0.2, -0.15) is 0 Å². The average Bonchev–Trinajstić information content (AvgIpc) is 3.28. The number of nitrogens with zero attached hydrogens (tertiary/aromatic N) is 4. The molecule has 8 N–H and O–H groups in total. The van der Waals surface area contributed by atoms with Crippen molar-refractivity contribution in [3.63, 3.8) is 0 Å². The first-order valence-corrected chi connectivity index (χ1v) is 22.2. The Morgan fingerprint density at radius 2 is 1.32 bits per heavy atom. The van der Waals surface area contributed by atoms with Gasteiger partial charge in [-0.15, -0.1) is 0 Å². The van der Waals surface area contributed by atoms with Gasteiger partial charge in [-0.05, 0) is 43.2 Å². The lowest BCUT2D eigenvalue weighted by molar-refractivity contribution is -0.141. The predicted octanol–water partition coefficient (Wildman–Crippen LogP) is 2.54. The van der Waals surface area contributed by atoms with E-state index < -0.39 is 66.5 Å². The molecule has 0 spiro atoms. The molecule has 1 saturated heterocycles. The number of carboxylic acid groups (broad SMARTS) is 1. The van der Waals surface area contributed by atoms with Crippen LogP contribution in [0.4, 0.5) is 4.79 Å². The number of nitrogens with two attached hydrogens (primary N) is 1. The SMILES string of the molecule is [N-]=[N+]=NCC(=O)CCCOCCOCCOCCOCCC(=O)CCCCC[C@@H]1NC(=O)N(Cc2ccccc2)NC(=O)[C@H](CC(=O)O)NC(=O)CCC(=O)[C@H](CCCCC(=N)N)NC1=O. The fourth-order valence-electron chi connectivity index (χ4n) is 6.43. The maximum absolute atomic E-state index is 13.9. The number of hydrazine groups is 1. The lowest BCUT2D eigenvalue weighted by Gasteiger charge is -2.28. The first kappa shape index (κ1) is 56.1. The topological polar surface area (TPSA) is 344 Å². The van der Waals surface area contributed by atoms with E-state index in [4.69, 9.17) is 35.6 Å². The second-order valence-corrected chi connectivity index (χ2v) is 15.4. The Labute approximate surface area is 384 Å². The average molecular weight is 931 g/mol. The number of aliphatic carboxylic acids is 1. The summed E-state index contributed by atoms with van der Waals surface area (Å²) in [6.45, 7) is 2.31. The van der Waals surface area contributed by atoms with Crippen LogP contribution in [0.5, 0.6) is 0 Å². The molecule has 1 aromatic rings. The minimum absolute atomic E-state index is 0.0150. The maximum Gasteiger partial charge on any atom is 0.337 e. The quantitative estimate of drug-likeness (QED) is 0.0133. The third-order valence-corrected chi connectivity index (χ3v) is 9.96. The van der Waals surface area contributed by atoms with Crippen LogP contribution in [-0.2, 0) is 59.1 Å². The number of carbonyl (C=O) groups is 8. The molecule has 66 heavy (non-hydrogen) atoms. The lowest BCUT2D eigenvalue weighted by Crippen LogP contribution is -2.59. The normalized spacial score (nSPS) is 17.3. The van der Waals surface area contributed by atoms with Gasteiger partial charge in [-0.1, -0.05) is 54.7 Å². The molecule has 0 aliphatic carbocycles. The second-order valence-electron chi connectivity index (χ2n) is 15.4. The molecule has 1 aliphatic heterocycles. The fraction of sp³-hybridized carbons (Fsp3) is 0.651. The largest absolute Gasteiger partial charge is 0.481 e. The summed E-state index contributed by atoms with van der Waals surface area (Å²) >= 11 is 0. The van der Waals surface area contributed by atoms with Crippen molar-refractivity contribution in [2.45, 2.75) is 121 Å². The first-order chi connectivity index (χ1) is 31.8. The Balaban J connectivity index is 1.91. The number of unbranched alkanes of at least 4 members (excludes halogenated alkanes) is 3. The summed E-state index contributed by atoms with van der Waals surface area (Å²) < 4.78 is 21.8. The zero-order chi connectivity index (χ0) is 48.4. The smallest absolute Gasteiger partial charge is 0.337 e. The summed E-state index contributed by atoms with van der Waals surface area (Å²) in [5, 5.41) is 28.9. The van der Waals surface area contributed by atoms with Crippen LogP contribution in [0.2, 0.25) is 0 Å². The van der Waals surface area contributed by atoms with Crippen molar-refractivity contribution in [2.75, 3.05) is 59.4 Å². The molecule has 0 unspecified atom stereocenters. The molecule has 3 atom stereocenters. The molecule has 5 amide bonds. The van der Waals surface area contributed by atoms with Crippen molar-refractivity contribution in [2.24, 2.45) is 10.8 Å². The van der Waals surface area contributed by atoms with Gasteiger partial charge in [0.1, 0.15) is 23.7 Å². The van der Waals surface area contributed by atoms with Crippen LogP contribution >= 0.6 is 0 Å². The highest BCUT2D eigenvalue weighted by molar-refractivity contribution is 5.96. The van der Waals surface area contributed by atoms with E-state index in [1.54, 1.807) is 30.3 Å². The van der Waals surface area contributed by atoms with Crippen LogP contribution in [0.25, 0.3) is 10.4 Å². The van der Waals surface area contributed by atoms with Gasteiger partial charge in [-0.3, -0.25) is 44.4 Å². The van der Waals surface area contributed by atoms with Crippen LogP contribution in [0.3, 0.4) is 0 Å². The van der Waals surface area contributed by atoms with Crippen LogP contribution < -0.4 is 27.1 Å². The molecule has 1 aliphatic rings. The third-order valence-electron chi connectivity index (χ3n) is 9.96. The molecule has 1 fully saturated rings. The van der Waals surface area contributed by atoms with Crippen LogP contribution in [0.15, 0.2) is 35.4 Å². The van der Waals surface area contributed by atoms with Gasteiger partial charge in [0, 0.05) is 50.0 Å². The number of rotatable bonds is 33. The van der Waals surface area contributed by atoms with E-state index >= 15 is 0 Å². The number of amides is 5. The molecule has 0 aromatic heterocycles. The molecule has 0 saturated carbocycles. The van der Waals surface area contributed by atoms with E-state index in [2.05, 4.69) is 31.4 Å². The van der Waals surface area contributed by atoms with Gasteiger partial charge in [-0.25, -0.2) is 9.80 Å². The van der Waals surface area contributed by atoms with E-state index in [1.165, 1.54) is 0 Å². The lowest BCUT2D eigenvalue weighted by atomic mass is 9.99. The number of hydrogen-bond acceptors (Lipinski definition) is 14. The highest BCUT2D eigenvalue weighted by atomic mass is 16.6. The predicted molar refractivity (Wildman–Crippen MR) is 237 cm³/mol. The van der Waals surface area contributed by atoms with Crippen LogP contribution in [-0.4, -0.2) is 141 Å². The van der Waals surface area contributed by atoms with Gasteiger partial charge in [0.15, 0.2) is 5.78 Å².